The summed E-state index contributed by atoms with van der Waals surface area (Å²) >= 11 is 0. The lowest BCUT2D eigenvalue weighted by Gasteiger charge is -2.31. The molecule has 1 atom stereocenters. The molecule has 0 aliphatic carbocycles. The zero-order valence-corrected chi connectivity index (χ0v) is 12.1. The first-order valence-electron chi connectivity index (χ1n) is 6.85. The maximum atomic E-state index is 12.4. The van der Waals surface area contributed by atoms with Gasteiger partial charge in [-0.1, -0.05) is 27.2 Å². The highest BCUT2D eigenvalue weighted by molar-refractivity contribution is 5.81. The molecule has 1 unspecified atom stereocenters. The van der Waals surface area contributed by atoms with Crippen LogP contribution < -0.4 is 0 Å². The summed E-state index contributed by atoms with van der Waals surface area (Å²) < 4.78 is 5.06. The number of ether oxygens (including phenoxy) is 1. The fraction of sp³-hybridized carbons (Fsp3) is 0.857. The normalized spacial score (nSPS) is 12.2. The fourth-order valence-electron chi connectivity index (χ4n) is 2.12. The molecule has 1 amide bonds. The Bertz CT molecular complexity index is 269. The van der Waals surface area contributed by atoms with Crippen molar-refractivity contribution in [2.45, 2.75) is 52.5 Å². The number of amides is 1. The van der Waals surface area contributed by atoms with Crippen LogP contribution in [-0.2, 0) is 9.53 Å². The SMILES string of the molecule is CCCC(C#N)C(=O)N(CCOC)C(CC)CC. The van der Waals surface area contributed by atoms with Gasteiger partial charge in [-0.15, -0.1) is 0 Å². The summed E-state index contributed by atoms with van der Waals surface area (Å²) in [5.74, 6) is -0.544. The van der Waals surface area contributed by atoms with Crippen molar-refractivity contribution in [1.82, 2.24) is 4.90 Å². The summed E-state index contributed by atoms with van der Waals surface area (Å²) in [7, 11) is 1.63. The van der Waals surface area contributed by atoms with Gasteiger partial charge in [0.25, 0.3) is 0 Å². The molecule has 0 heterocycles. The van der Waals surface area contributed by atoms with Crippen LogP contribution in [0, 0.1) is 17.2 Å². The van der Waals surface area contributed by atoms with Crippen LogP contribution in [0.1, 0.15) is 46.5 Å². The number of nitriles is 1. The van der Waals surface area contributed by atoms with Crippen LogP contribution in [0.25, 0.3) is 0 Å². The van der Waals surface area contributed by atoms with Gasteiger partial charge in [0.1, 0.15) is 5.92 Å². The molecule has 0 aliphatic rings. The van der Waals surface area contributed by atoms with Gasteiger partial charge >= 0.3 is 0 Å². The van der Waals surface area contributed by atoms with Gasteiger partial charge in [0.05, 0.1) is 12.7 Å². The Kier molecular flexibility index (Phi) is 9.31. The molecule has 0 rings (SSSR count). The Morgan fingerprint density at radius 3 is 2.33 bits per heavy atom. The van der Waals surface area contributed by atoms with Crippen LogP contribution in [0.15, 0.2) is 0 Å². The molecule has 0 aromatic carbocycles. The van der Waals surface area contributed by atoms with E-state index < -0.39 is 5.92 Å². The number of rotatable bonds is 9. The zero-order valence-electron chi connectivity index (χ0n) is 12.1. The van der Waals surface area contributed by atoms with Gasteiger partial charge in [-0.3, -0.25) is 4.79 Å². The van der Waals surface area contributed by atoms with E-state index in [0.717, 1.165) is 19.3 Å². The maximum Gasteiger partial charge on any atom is 0.240 e. The third-order valence-corrected chi connectivity index (χ3v) is 3.23. The highest BCUT2D eigenvalue weighted by atomic mass is 16.5. The molecule has 0 saturated carbocycles. The minimum Gasteiger partial charge on any atom is -0.383 e. The van der Waals surface area contributed by atoms with Crippen molar-refractivity contribution >= 4 is 5.91 Å². The Morgan fingerprint density at radius 1 is 1.33 bits per heavy atom. The number of nitrogens with zero attached hydrogens (tertiary/aromatic N) is 2. The van der Waals surface area contributed by atoms with E-state index in [1.165, 1.54) is 0 Å². The summed E-state index contributed by atoms with van der Waals surface area (Å²) in [4.78, 5) is 14.2. The van der Waals surface area contributed by atoms with E-state index in [2.05, 4.69) is 19.9 Å². The average molecular weight is 254 g/mol. The number of methoxy groups -OCH3 is 1. The first-order valence-corrected chi connectivity index (χ1v) is 6.85. The van der Waals surface area contributed by atoms with Crippen LogP contribution in [0.2, 0.25) is 0 Å². The van der Waals surface area contributed by atoms with Crippen LogP contribution >= 0.6 is 0 Å². The molecule has 4 heteroatoms. The van der Waals surface area contributed by atoms with Gasteiger partial charge in [-0.05, 0) is 19.3 Å². The third-order valence-electron chi connectivity index (χ3n) is 3.23. The van der Waals surface area contributed by atoms with Crippen molar-refractivity contribution in [3.63, 3.8) is 0 Å². The van der Waals surface area contributed by atoms with E-state index in [1.54, 1.807) is 7.11 Å². The molecule has 0 radical (unpaired) electrons. The van der Waals surface area contributed by atoms with Gasteiger partial charge in [-0.25, -0.2) is 0 Å². The van der Waals surface area contributed by atoms with E-state index >= 15 is 0 Å². The van der Waals surface area contributed by atoms with Crippen LogP contribution in [0.3, 0.4) is 0 Å². The Balaban J connectivity index is 4.81. The smallest absolute Gasteiger partial charge is 0.240 e. The van der Waals surface area contributed by atoms with Gasteiger partial charge in [0, 0.05) is 19.7 Å². The molecule has 0 aliphatic heterocycles. The number of hydrogen-bond acceptors (Lipinski definition) is 3. The summed E-state index contributed by atoms with van der Waals surface area (Å²) in [6.45, 7) is 7.23. The van der Waals surface area contributed by atoms with Gasteiger partial charge in [0.15, 0.2) is 0 Å². The van der Waals surface area contributed by atoms with Crippen molar-refractivity contribution in [3.05, 3.63) is 0 Å². The second-order valence-corrected chi connectivity index (χ2v) is 4.47. The molecule has 0 aromatic heterocycles. The zero-order chi connectivity index (χ0) is 14.0. The number of carbonyl (C=O) groups is 1. The summed E-state index contributed by atoms with van der Waals surface area (Å²) in [5.41, 5.74) is 0. The molecule has 4 nitrogen and oxygen atoms in total. The van der Waals surface area contributed by atoms with Crippen molar-refractivity contribution in [3.8, 4) is 6.07 Å². The molecule has 0 N–H and O–H groups in total. The summed E-state index contributed by atoms with van der Waals surface area (Å²) in [5, 5.41) is 9.10. The second-order valence-electron chi connectivity index (χ2n) is 4.47. The van der Waals surface area contributed by atoms with Crippen molar-refractivity contribution in [2.75, 3.05) is 20.3 Å². The number of hydrogen-bond donors (Lipinski definition) is 0. The van der Waals surface area contributed by atoms with Gasteiger partial charge in [-0.2, -0.15) is 5.26 Å². The molecule has 0 bridgehead atoms. The largest absolute Gasteiger partial charge is 0.383 e. The molecular weight excluding hydrogens is 228 g/mol. The predicted octanol–water partition coefficient (Wildman–Crippen LogP) is 2.59. The van der Waals surface area contributed by atoms with E-state index in [0.29, 0.717) is 19.6 Å². The van der Waals surface area contributed by atoms with E-state index in [-0.39, 0.29) is 11.9 Å². The maximum absolute atomic E-state index is 12.4. The lowest BCUT2D eigenvalue weighted by molar-refractivity contribution is -0.137. The van der Waals surface area contributed by atoms with Crippen LogP contribution in [0.5, 0.6) is 0 Å². The highest BCUT2D eigenvalue weighted by Crippen LogP contribution is 2.16. The second kappa shape index (κ2) is 9.90. The van der Waals surface area contributed by atoms with Crippen molar-refractivity contribution in [2.24, 2.45) is 5.92 Å². The summed E-state index contributed by atoms with van der Waals surface area (Å²) in [6, 6.07) is 2.34. The minimum absolute atomic E-state index is 0.0369. The van der Waals surface area contributed by atoms with Gasteiger partial charge in [0.2, 0.25) is 5.91 Å². The first kappa shape index (κ1) is 16.9. The molecule has 0 fully saturated rings. The molecule has 0 aromatic rings. The highest BCUT2D eigenvalue weighted by Gasteiger charge is 2.27. The molecule has 18 heavy (non-hydrogen) atoms. The van der Waals surface area contributed by atoms with E-state index in [1.807, 2.05) is 11.8 Å². The monoisotopic (exact) mass is 254 g/mol. The third kappa shape index (κ3) is 5.05. The van der Waals surface area contributed by atoms with Crippen LogP contribution in [-0.4, -0.2) is 37.1 Å². The Labute approximate surface area is 111 Å². The molecule has 104 valence electrons. The molecule has 0 saturated heterocycles. The van der Waals surface area contributed by atoms with E-state index in [9.17, 15) is 4.79 Å². The quantitative estimate of drug-likeness (QED) is 0.635. The molecular formula is C14H26N2O2. The van der Waals surface area contributed by atoms with E-state index in [4.69, 9.17) is 10.00 Å². The Morgan fingerprint density at radius 2 is 1.94 bits per heavy atom. The average Bonchev–Trinajstić information content (AvgIpc) is 2.40. The van der Waals surface area contributed by atoms with Gasteiger partial charge < -0.3 is 9.64 Å². The lowest BCUT2D eigenvalue weighted by Crippen LogP contribution is -2.44. The molecule has 0 spiro atoms. The standard InChI is InChI=1S/C14H26N2O2/c1-5-8-12(11-15)14(17)16(9-10-18-4)13(6-2)7-3/h12-13H,5-10H2,1-4H3. The van der Waals surface area contributed by atoms with Crippen LogP contribution in [0.4, 0.5) is 0 Å². The fourth-order valence-corrected chi connectivity index (χ4v) is 2.12. The number of carbonyl (C=O) groups excluding carboxylic acids is 1. The first-order chi connectivity index (χ1) is 8.65. The predicted molar refractivity (Wildman–Crippen MR) is 72.0 cm³/mol. The Hall–Kier alpha value is -1.08. The topological polar surface area (TPSA) is 53.3 Å². The lowest BCUT2D eigenvalue weighted by atomic mass is 10.0. The summed E-state index contributed by atoms with van der Waals surface area (Å²) in [6.07, 6.45) is 3.32. The minimum atomic E-state index is -0.507. The van der Waals surface area contributed by atoms with Crippen molar-refractivity contribution in [1.29, 1.82) is 5.26 Å². The van der Waals surface area contributed by atoms with Crippen molar-refractivity contribution < 1.29 is 9.53 Å².